The molecule has 27 heavy (non-hydrogen) atoms. The van der Waals surface area contributed by atoms with Gasteiger partial charge in [0.1, 0.15) is 0 Å². The van der Waals surface area contributed by atoms with E-state index in [1.165, 1.54) is 10.4 Å². The summed E-state index contributed by atoms with van der Waals surface area (Å²) in [6.07, 6.45) is 4.77. The molecule has 0 fully saturated rings. The minimum absolute atomic E-state index is 0. The average molecular weight is 495 g/mol. The van der Waals surface area contributed by atoms with E-state index in [1.54, 1.807) is 17.5 Å². The van der Waals surface area contributed by atoms with E-state index in [0.29, 0.717) is 6.54 Å². The van der Waals surface area contributed by atoms with Crippen LogP contribution in [0, 0.1) is 0 Å². The quantitative estimate of drug-likeness (QED) is 0.304. The van der Waals surface area contributed by atoms with Gasteiger partial charge in [-0.15, -0.1) is 35.3 Å². The third-order valence-corrected chi connectivity index (χ3v) is 5.02. The zero-order chi connectivity index (χ0) is 18.2. The van der Waals surface area contributed by atoms with Crippen molar-refractivity contribution in [3.8, 4) is 5.69 Å². The maximum Gasteiger partial charge on any atom is 0.193 e. The summed E-state index contributed by atoms with van der Waals surface area (Å²) < 4.78 is 1.86. The second-order valence-electron chi connectivity index (χ2n) is 6.04. The van der Waals surface area contributed by atoms with Crippen LogP contribution in [-0.2, 0) is 13.0 Å². The van der Waals surface area contributed by atoms with Gasteiger partial charge in [0.05, 0.1) is 12.2 Å². The highest BCUT2D eigenvalue weighted by Crippen LogP contribution is 2.11. The number of guanidine groups is 1. The van der Waals surface area contributed by atoms with Crippen LogP contribution in [-0.4, -0.2) is 40.8 Å². The maximum absolute atomic E-state index is 4.79. The topological polar surface area (TPSA) is 45.5 Å². The van der Waals surface area contributed by atoms with Crippen LogP contribution < -0.4 is 5.32 Å². The molecule has 0 atom stereocenters. The summed E-state index contributed by atoms with van der Waals surface area (Å²) in [5, 5.41) is 9.76. The first-order chi connectivity index (χ1) is 12.8. The predicted octanol–water partition coefficient (Wildman–Crippen LogP) is 4.19. The third-order valence-electron chi connectivity index (χ3n) is 4.09. The van der Waals surface area contributed by atoms with Gasteiger partial charge in [0.25, 0.3) is 0 Å². The van der Waals surface area contributed by atoms with Crippen LogP contribution >= 0.6 is 35.3 Å². The Labute approximate surface area is 182 Å². The second-order valence-corrected chi connectivity index (χ2v) is 7.07. The lowest BCUT2D eigenvalue weighted by atomic mass is 10.2. The van der Waals surface area contributed by atoms with E-state index in [-0.39, 0.29) is 24.0 Å². The van der Waals surface area contributed by atoms with Gasteiger partial charge in [-0.05, 0) is 48.6 Å². The van der Waals surface area contributed by atoms with Gasteiger partial charge in [-0.1, -0.05) is 18.2 Å². The molecule has 0 amide bonds. The van der Waals surface area contributed by atoms with Gasteiger partial charge in [-0.25, -0.2) is 9.67 Å². The SMILES string of the molecule is CCNC(=NCc1ccc(-n2cccn2)cc1)N(C)CCc1cccs1.I. The van der Waals surface area contributed by atoms with Gasteiger partial charge in [0.15, 0.2) is 5.96 Å². The van der Waals surface area contributed by atoms with Crippen LogP contribution in [0.5, 0.6) is 0 Å². The zero-order valence-corrected chi connectivity index (χ0v) is 18.9. The summed E-state index contributed by atoms with van der Waals surface area (Å²) in [5.41, 5.74) is 2.24. The number of aromatic nitrogens is 2. The molecule has 2 aromatic heterocycles. The summed E-state index contributed by atoms with van der Waals surface area (Å²) in [6, 6.07) is 14.6. The molecule has 0 aliphatic heterocycles. The molecular weight excluding hydrogens is 469 g/mol. The Kier molecular flexibility index (Phi) is 8.80. The largest absolute Gasteiger partial charge is 0.357 e. The Balaban J connectivity index is 0.00000261. The van der Waals surface area contributed by atoms with Crippen LogP contribution in [0.2, 0.25) is 0 Å². The zero-order valence-electron chi connectivity index (χ0n) is 15.7. The molecule has 7 heteroatoms. The van der Waals surface area contributed by atoms with Gasteiger partial charge < -0.3 is 10.2 Å². The number of nitrogens with zero attached hydrogens (tertiary/aromatic N) is 4. The van der Waals surface area contributed by atoms with Crippen molar-refractivity contribution in [2.75, 3.05) is 20.1 Å². The number of hydrogen-bond donors (Lipinski definition) is 1. The van der Waals surface area contributed by atoms with E-state index in [9.17, 15) is 0 Å². The molecule has 0 radical (unpaired) electrons. The highest BCUT2D eigenvalue weighted by Gasteiger charge is 2.06. The molecule has 0 bridgehead atoms. The van der Waals surface area contributed by atoms with Crippen molar-refractivity contribution in [1.82, 2.24) is 20.0 Å². The molecule has 1 aromatic carbocycles. The van der Waals surface area contributed by atoms with Crippen molar-refractivity contribution in [2.45, 2.75) is 19.9 Å². The van der Waals surface area contributed by atoms with Crippen molar-refractivity contribution < 1.29 is 0 Å². The molecule has 0 saturated heterocycles. The van der Waals surface area contributed by atoms with Gasteiger partial charge in [-0.2, -0.15) is 5.10 Å². The Bertz CT molecular complexity index is 798. The maximum atomic E-state index is 4.79. The van der Waals surface area contributed by atoms with Crippen LogP contribution in [0.15, 0.2) is 65.2 Å². The fourth-order valence-corrected chi connectivity index (χ4v) is 3.35. The molecule has 3 rings (SSSR count). The average Bonchev–Trinajstić information content (AvgIpc) is 3.37. The number of thiophene rings is 1. The van der Waals surface area contributed by atoms with Crippen molar-refractivity contribution in [1.29, 1.82) is 0 Å². The Morgan fingerprint density at radius 2 is 2.04 bits per heavy atom. The summed E-state index contributed by atoms with van der Waals surface area (Å²) in [7, 11) is 2.09. The summed E-state index contributed by atoms with van der Waals surface area (Å²) in [5.74, 6) is 0.945. The molecule has 0 spiro atoms. The number of aliphatic imine (C=N–C) groups is 1. The minimum atomic E-state index is 0. The number of benzene rings is 1. The van der Waals surface area contributed by atoms with Gasteiger partial charge in [0.2, 0.25) is 0 Å². The second kappa shape index (κ2) is 11.1. The van der Waals surface area contributed by atoms with Crippen molar-refractivity contribution in [2.24, 2.45) is 4.99 Å². The molecule has 144 valence electrons. The number of rotatable bonds is 7. The molecule has 0 saturated carbocycles. The van der Waals surface area contributed by atoms with Crippen molar-refractivity contribution in [3.63, 3.8) is 0 Å². The number of likely N-dealkylation sites (N-methyl/N-ethyl adjacent to an activating group) is 1. The van der Waals surface area contributed by atoms with E-state index >= 15 is 0 Å². The van der Waals surface area contributed by atoms with E-state index in [0.717, 1.165) is 31.2 Å². The molecule has 0 aliphatic carbocycles. The number of halogens is 1. The standard InChI is InChI=1S/C20H25N5S.HI/c1-3-21-20(24(2)14-11-19-6-4-15-26-19)22-16-17-7-9-18(10-8-17)25-13-5-12-23-25;/h4-10,12-13,15H,3,11,14,16H2,1-2H3,(H,21,22);1H. The van der Waals surface area contributed by atoms with E-state index in [4.69, 9.17) is 4.99 Å². The molecule has 0 unspecified atom stereocenters. The first-order valence-corrected chi connectivity index (χ1v) is 9.75. The molecule has 1 N–H and O–H groups in total. The van der Waals surface area contributed by atoms with E-state index in [1.807, 2.05) is 16.9 Å². The minimum Gasteiger partial charge on any atom is -0.357 e. The van der Waals surface area contributed by atoms with Gasteiger partial charge in [0, 0.05) is 37.4 Å². The smallest absolute Gasteiger partial charge is 0.193 e. The Morgan fingerprint density at radius 3 is 2.67 bits per heavy atom. The molecule has 3 aromatic rings. The van der Waals surface area contributed by atoms with Gasteiger partial charge in [-0.3, -0.25) is 0 Å². The third kappa shape index (κ3) is 6.35. The van der Waals surface area contributed by atoms with Crippen LogP contribution in [0.4, 0.5) is 0 Å². The lowest BCUT2D eigenvalue weighted by molar-refractivity contribution is 0.486. The van der Waals surface area contributed by atoms with E-state index in [2.05, 4.69) is 71.1 Å². The van der Waals surface area contributed by atoms with Crippen LogP contribution in [0.1, 0.15) is 17.4 Å². The number of nitrogens with one attached hydrogen (secondary N) is 1. The highest BCUT2D eigenvalue weighted by molar-refractivity contribution is 14.0. The predicted molar refractivity (Wildman–Crippen MR) is 124 cm³/mol. The molecule has 5 nitrogen and oxygen atoms in total. The first kappa shape index (κ1) is 21.4. The lowest BCUT2D eigenvalue weighted by Gasteiger charge is -2.21. The summed E-state index contributed by atoms with van der Waals surface area (Å²) in [6.45, 7) is 4.57. The fraction of sp³-hybridized carbons (Fsp3) is 0.300. The molecular formula is C20H26IN5S. The Morgan fingerprint density at radius 1 is 1.22 bits per heavy atom. The first-order valence-electron chi connectivity index (χ1n) is 8.87. The summed E-state index contributed by atoms with van der Waals surface area (Å²) in [4.78, 5) is 8.39. The van der Waals surface area contributed by atoms with Crippen molar-refractivity contribution >= 4 is 41.3 Å². The summed E-state index contributed by atoms with van der Waals surface area (Å²) >= 11 is 1.81. The van der Waals surface area contributed by atoms with Gasteiger partial charge >= 0.3 is 0 Å². The molecule has 0 aliphatic rings. The highest BCUT2D eigenvalue weighted by atomic mass is 127. The van der Waals surface area contributed by atoms with Crippen LogP contribution in [0.3, 0.4) is 0 Å². The molecule has 2 heterocycles. The number of hydrogen-bond acceptors (Lipinski definition) is 3. The fourth-order valence-electron chi connectivity index (χ4n) is 2.65. The monoisotopic (exact) mass is 495 g/mol. The van der Waals surface area contributed by atoms with Crippen molar-refractivity contribution in [3.05, 3.63) is 70.7 Å². The normalized spacial score (nSPS) is 11.1. The van der Waals surface area contributed by atoms with Crippen LogP contribution in [0.25, 0.3) is 5.69 Å². The lowest BCUT2D eigenvalue weighted by Crippen LogP contribution is -2.39. The Hall–Kier alpha value is -1.87. The van der Waals surface area contributed by atoms with E-state index < -0.39 is 0 Å².